The highest BCUT2D eigenvalue weighted by Gasteiger charge is 2.26. The van der Waals surface area contributed by atoms with E-state index in [9.17, 15) is 4.79 Å². The van der Waals surface area contributed by atoms with Crippen molar-refractivity contribution in [3.63, 3.8) is 0 Å². The van der Waals surface area contributed by atoms with Gasteiger partial charge in [-0.2, -0.15) is 0 Å². The van der Waals surface area contributed by atoms with Crippen LogP contribution in [0.3, 0.4) is 0 Å². The van der Waals surface area contributed by atoms with Crippen molar-refractivity contribution in [1.29, 1.82) is 0 Å². The second-order valence-electron chi connectivity index (χ2n) is 6.72. The lowest BCUT2D eigenvalue weighted by molar-refractivity contribution is -0.131. The molecule has 4 rings (SSSR count). The number of amides is 1. The molecule has 2 aromatic rings. The Kier molecular flexibility index (Phi) is 4.27. The number of piperidine rings is 1. The lowest BCUT2D eigenvalue weighted by Crippen LogP contribution is -2.39. The normalized spacial score (nSPS) is 19.9. The summed E-state index contributed by atoms with van der Waals surface area (Å²) in [4.78, 5) is 19.4. The third-order valence-corrected chi connectivity index (χ3v) is 5.99. The van der Waals surface area contributed by atoms with Crippen molar-refractivity contribution >= 4 is 17.2 Å². The van der Waals surface area contributed by atoms with Gasteiger partial charge in [-0.1, -0.05) is 12.1 Å². The predicted octanol–water partition coefficient (Wildman–Crippen LogP) is 3.34. The fourth-order valence-electron chi connectivity index (χ4n) is 3.60. The number of carbonyl (C=O) groups is 1. The van der Waals surface area contributed by atoms with E-state index in [4.69, 9.17) is 4.74 Å². The van der Waals surface area contributed by atoms with E-state index >= 15 is 0 Å². The van der Waals surface area contributed by atoms with Gasteiger partial charge >= 0.3 is 0 Å². The number of carbonyl (C=O) groups excluding carboxylic acids is 1. The highest BCUT2D eigenvalue weighted by atomic mass is 32.1. The molecule has 5 heteroatoms. The van der Waals surface area contributed by atoms with Crippen LogP contribution >= 0.6 is 11.3 Å². The van der Waals surface area contributed by atoms with Gasteiger partial charge in [0.25, 0.3) is 0 Å². The summed E-state index contributed by atoms with van der Waals surface area (Å²) in [6.45, 7) is 4.46. The van der Waals surface area contributed by atoms with Crippen LogP contribution < -0.4 is 4.74 Å². The van der Waals surface area contributed by atoms with Gasteiger partial charge in [-0.05, 0) is 37.0 Å². The zero-order chi connectivity index (χ0) is 16.5. The molecule has 3 heterocycles. The van der Waals surface area contributed by atoms with Crippen LogP contribution in [0.2, 0.25) is 0 Å². The molecule has 1 aromatic heterocycles. The summed E-state index contributed by atoms with van der Waals surface area (Å²) in [5, 5.41) is 3.28. The minimum absolute atomic E-state index is 0.229. The average Bonchev–Trinajstić information content (AvgIpc) is 3.23. The van der Waals surface area contributed by atoms with Gasteiger partial charge in [-0.3, -0.25) is 4.79 Å². The summed E-state index contributed by atoms with van der Waals surface area (Å²) >= 11 is 1.72. The monoisotopic (exact) mass is 342 g/mol. The summed E-state index contributed by atoms with van der Waals surface area (Å²) in [5.41, 5.74) is 3.41. The van der Waals surface area contributed by atoms with E-state index in [0.717, 1.165) is 56.0 Å². The van der Waals surface area contributed by atoms with Gasteiger partial charge in [-0.25, -0.2) is 4.98 Å². The number of benzene rings is 1. The molecule has 1 fully saturated rings. The quantitative estimate of drug-likeness (QED) is 0.859. The Morgan fingerprint density at radius 1 is 1.46 bits per heavy atom. The lowest BCUT2D eigenvalue weighted by atomic mass is 9.97. The first-order chi connectivity index (χ1) is 11.7. The number of ether oxygens (including phenoxy) is 1. The molecule has 1 aromatic carbocycles. The van der Waals surface area contributed by atoms with Gasteiger partial charge in [0.2, 0.25) is 5.91 Å². The summed E-state index contributed by atoms with van der Waals surface area (Å²) in [7, 11) is 0. The molecule has 126 valence electrons. The molecular formula is C19H22N2O2S. The van der Waals surface area contributed by atoms with Gasteiger partial charge in [-0.15, -0.1) is 11.3 Å². The van der Waals surface area contributed by atoms with Crippen molar-refractivity contribution in [2.45, 2.75) is 38.5 Å². The van der Waals surface area contributed by atoms with Crippen LogP contribution in [0.25, 0.3) is 0 Å². The summed E-state index contributed by atoms with van der Waals surface area (Å²) in [6, 6.07) is 6.15. The maximum atomic E-state index is 12.7. The van der Waals surface area contributed by atoms with Crippen molar-refractivity contribution in [2.75, 3.05) is 19.7 Å². The van der Waals surface area contributed by atoms with Crippen LogP contribution in [-0.2, 0) is 17.6 Å². The standard InChI is InChI=1S/C19H22N2O2S/c1-13-12-24-19(20-13)16-3-2-7-21(11-16)18(22)10-14-4-5-17-15(9-14)6-8-23-17/h4-5,9,12,16H,2-3,6-8,10-11H2,1H3/t16-/m1/s1. The van der Waals surface area contributed by atoms with Crippen molar-refractivity contribution < 1.29 is 9.53 Å². The molecule has 0 spiro atoms. The number of rotatable bonds is 3. The molecule has 2 aliphatic heterocycles. The molecular weight excluding hydrogens is 320 g/mol. The molecule has 0 saturated carbocycles. The molecule has 4 nitrogen and oxygen atoms in total. The first-order valence-corrected chi connectivity index (χ1v) is 9.51. The largest absolute Gasteiger partial charge is 0.493 e. The van der Waals surface area contributed by atoms with E-state index in [1.807, 2.05) is 24.0 Å². The highest BCUT2D eigenvalue weighted by molar-refractivity contribution is 7.09. The minimum atomic E-state index is 0.229. The topological polar surface area (TPSA) is 42.4 Å². The number of aromatic nitrogens is 1. The zero-order valence-electron chi connectivity index (χ0n) is 14.0. The SMILES string of the molecule is Cc1csc([C@@H]2CCCN(C(=O)Cc3ccc4c(c3)CCO4)C2)n1. The molecule has 0 N–H and O–H groups in total. The number of hydrogen-bond acceptors (Lipinski definition) is 4. The van der Waals surface area contributed by atoms with Gasteiger partial charge in [0, 0.05) is 36.5 Å². The number of thiazole rings is 1. The summed E-state index contributed by atoms with van der Waals surface area (Å²) < 4.78 is 5.54. The number of nitrogens with zero attached hydrogens (tertiary/aromatic N) is 2. The second-order valence-corrected chi connectivity index (χ2v) is 7.61. The van der Waals surface area contributed by atoms with E-state index in [2.05, 4.69) is 16.4 Å². The summed E-state index contributed by atoms with van der Waals surface area (Å²) in [6.07, 6.45) is 3.63. The minimum Gasteiger partial charge on any atom is -0.493 e. The maximum Gasteiger partial charge on any atom is 0.227 e. The molecule has 0 bridgehead atoms. The van der Waals surface area contributed by atoms with Crippen molar-refractivity contribution in [2.24, 2.45) is 0 Å². The molecule has 1 amide bonds. The van der Waals surface area contributed by atoms with E-state index in [1.165, 1.54) is 10.6 Å². The van der Waals surface area contributed by atoms with E-state index in [0.29, 0.717) is 12.3 Å². The Hall–Kier alpha value is -1.88. The smallest absolute Gasteiger partial charge is 0.227 e. The van der Waals surface area contributed by atoms with E-state index in [-0.39, 0.29) is 5.91 Å². The van der Waals surface area contributed by atoms with Gasteiger partial charge in [0.05, 0.1) is 18.0 Å². The second kappa shape index (κ2) is 6.55. The molecule has 2 aliphatic rings. The molecule has 0 aliphatic carbocycles. The van der Waals surface area contributed by atoms with E-state index in [1.54, 1.807) is 11.3 Å². The molecule has 24 heavy (non-hydrogen) atoms. The molecule has 1 saturated heterocycles. The zero-order valence-corrected chi connectivity index (χ0v) is 14.8. The van der Waals surface area contributed by atoms with Crippen LogP contribution in [0.15, 0.2) is 23.6 Å². The highest BCUT2D eigenvalue weighted by Crippen LogP contribution is 2.30. The van der Waals surface area contributed by atoms with Crippen molar-refractivity contribution in [3.05, 3.63) is 45.4 Å². The summed E-state index contributed by atoms with van der Waals surface area (Å²) in [5.74, 6) is 1.60. The van der Waals surface area contributed by atoms with Crippen LogP contribution in [0.1, 0.15) is 40.6 Å². The maximum absolute atomic E-state index is 12.7. The fraction of sp³-hybridized carbons (Fsp3) is 0.474. The lowest BCUT2D eigenvalue weighted by Gasteiger charge is -2.32. The molecule has 1 atom stereocenters. The van der Waals surface area contributed by atoms with Crippen LogP contribution in [0, 0.1) is 6.92 Å². The van der Waals surface area contributed by atoms with Crippen molar-refractivity contribution in [1.82, 2.24) is 9.88 Å². The van der Waals surface area contributed by atoms with Crippen LogP contribution in [0.4, 0.5) is 0 Å². The number of likely N-dealkylation sites (tertiary alicyclic amines) is 1. The third-order valence-electron chi connectivity index (χ3n) is 4.87. The predicted molar refractivity (Wildman–Crippen MR) is 94.8 cm³/mol. The Morgan fingerprint density at radius 2 is 2.38 bits per heavy atom. The molecule has 0 radical (unpaired) electrons. The van der Waals surface area contributed by atoms with E-state index < -0.39 is 0 Å². The fourth-order valence-corrected chi connectivity index (χ4v) is 4.53. The van der Waals surface area contributed by atoms with Crippen molar-refractivity contribution in [3.8, 4) is 5.75 Å². The number of hydrogen-bond donors (Lipinski definition) is 0. The Morgan fingerprint density at radius 3 is 3.21 bits per heavy atom. The Bertz CT molecular complexity index is 756. The van der Waals surface area contributed by atoms with Gasteiger partial charge < -0.3 is 9.64 Å². The van der Waals surface area contributed by atoms with Crippen LogP contribution in [0.5, 0.6) is 5.75 Å². The number of aryl methyl sites for hydroxylation is 1. The van der Waals surface area contributed by atoms with Crippen LogP contribution in [-0.4, -0.2) is 35.5 Å². The first-order valence-electron chi connectivity index (χ1n) is 8.63. The third kappa shape index (κ3) is 3.18. The Labute approximate surface area is 146 Å². The van der Waals surface area contributed by atoms with Gasteiger partial charge in [0.15, 0.2) is 0 Å². The number of fused-ring (bicyclic) bond motifs is 1. The average molecular weight is 342 g/mol. The molecule has 0 unspecified atom stereocenters. The first kappa shape index (κ1) is 15.6. The Balaban J connectivity index is 1.42. The van der Waals surface area contributed by atoms with Gasteiger partial charge in [0.1, 0.15) is 5.75 Å².